The third-order valence-corrected chi connectivity index (χ3v) is 6.85. The molecule has 0 heterocycles. The lowest BCUT2D eigenvalue weighted by atomic mass is 10.0. The summed E-state index contributed by atoms with van der Waals surface area (Å²) in [5, 5.41) is 19.2. The Morgan fingerprint density at radius 2 is 1.37 bits per heavy atom. The van der Waals surface area contributed by atoms with E-state index in [4.69, 9.17) is 10.5 Å². The number of nitrogens with one attached hydrogen (secondary N) is 4. The monoisotopic (exact) mass is 651 g/mol. The van der Waals surface area contributed by atoms with Crippen molar-refractivity contribution in [3.63, 3.8) is 0 Å². The van der Waals surface area contributed by atoms with Gasteiger partial charge in [0.2, 0.25) is 23.6 Å². The van der Waals surface area contributed by atoms with Crippen LogP contribution in [0, 0.1) is 5.92 Å². The zero-order chi connectivity index (χ0) is 34.4. The Hall–Kier alpha value is -4.66. The van der Waals surface area contributed by atoms with Gasteiger partial charge in [-0.1, -0.05) is 74.5 Å². The van der Waals surface area contributed by atoms with Gasteiger partial charge in [0.15, 0.2) is 6.10 Å². The van der Waals surface area contributed by atoms with E-state index in [9.17, 15) is 42.3 Å². The van der Waals surface area contributed by atoms with Crippen LogP contribution >= 0.6 is 0 Å². The van der Waals surface area contributed by atoms with Crippen molar-refractivity contribution >= 4 is 29.7 Å². The topological polar surface area (TPSA) is 189 Å². The molecule has 5 unspecified atom stereocenters. The van der Waals surface area contributed by atoms with Gasteiger partial charge in [0, 0.05) is 12.8 Å². The number of hydrogen-bond acceptors (Lipinski definition) is 7. The number of hydrogen-bond donors (Lipinski definition) is 6. The molecule has 0 aliphatic carbocycles. The highest BCUT2D eigenvalue weighted by atomic mass is 19.4. The summed E-state index contributed by atoms with van der Waals surface area (Å²) in [4.78, 5) is 63.1. The normalized spacial score (nSPS) is 14.6. The van der Waals surface area contributed by atoms with Crippen molar-refractivity contribution in [3.05, 3.63) is 71.8 Å². The Kier molecular flexibility index (Phi) is 14.5. The first kappa shape index (κ1) is 37.5. The maximum absolute atomic E-state index is 13.4. The number of ether oxygens (including phenoxy) is 1. The van der Waals surface area contributed by atoms with Gasteiger partial charge >= 0.3 is 12.3 Å². The summed E-state index contributed by atoms with van der Waals surface area (Å²) in [5.74, 6) is -4.03. The molecule has 0 spiro atoms. The standard InChI is InChI=1S/C31H40F3N5O7/c1-18(2)25(39-30(45)46-17-21-12-8-5-9-13-21)29(44)38-23(16-20-10-6-4-7-11-20)28(43)36-19(3)27(42)37-22(14-15-24(35)40)26(41)31(32,33)34/h4-13,18-19,22-23,25-26,41H,14-17H2,1-3H3,(H2,35,40)(H,36,43)(H,37,42)(H,38,44)(H,39,45). The zero-order valence-electron chi connectivity index (χ0n) is 25.7. The molecule has 0 radical (unpaired) electrons. The van der Waals surface area contributed by atoms with E-state index in [1.165, 1.54) is 6.92 Å². The van der Waals surface area contributed by atoms with Crippen LogP contribution in [0.4, 0.5) is 18.0 Å². The second-order valence-corrected chi connectivity index (χ2v) is 11.0. The van der Waals surface area contributed by atoms with Crippen LogP contribution in [0.25, 0.3) is 0 Å². The number of aliphatic hydroxyl groups is 1. The average Bonchev–Trinajstić information content (AvgIpc) is 3.00. The second-order valence-electron chi connectivity index (χ2n) is 11.0. The van der Waals surface area contributed by atoms with Crippen molar-refractivity contribution in [3.8, 4) is 0 Å². The van der Waals surface area contributed by atoms with E-state index >= 15 is 0 Å². The lowest BCUT2D eigenvalue weighted by Crippen LogP contribution is -2.59. The smallest absolute Gasteiger partial charge is 0.416 e. The summed E-state index contributed by atoms with van der Waals surface area (Å²) in [6, 6.07) is 11.7. The van der Waals surface area contributed by atoms with Gasteiger partial charge in [0.05, 0.1) is 6.04 Å². The van der Waals surface area contributed by atoms with E-state index < -0.39 is 84.9 Å². The number of carbonyl (C=O) groups is 5. The van der Waals surface area contributed by atoms with Gasteiger partial charge in [-0.05, 0) is 30.4 Å². The molecule has 2 aromatic rings. The van der Waals surface area contributed by atoms with E-state index in [0.717, 1.165) is 5.56 Å². The molecule has 2 aromatic carbocycles. The fourth-order valence-corrected chi connectivity index (χ4v) is 4.27. The Morgan fingerprint density at radius 3 is 1.89 bits per heavy atom. The van der Waals surface area contributed by atoms with E-state index in [1.807, 2.05) is 5.32 Å². The second kappa shape index (κ2) is 17.7. The van der Waals surface area contributed by atoms with Gasteiger partial charge in [-0.15, -0.1) is 0 Å². The highest BCUT2D eigenvalue weighted by Gasteiger charge is 2.44. The summed E-state index contributed by atoms with van der Waals surface area (Å²) < 4.78 is 44.8. The Morgan fingerprint density at radius 1 is 0.804 bits per heavy atom. The third kappa shape index (κ3) is 12.8. The van der Waals surface area contributed by atoms with Crippen molar-refractivity contribution in [1.29, 1.82) is 0 Å². The van der Waals surface area contributed by atoms with Crippen LogP contribution in [-0.4, -0.2) is 71.3 Å². The molecule has 252 valence electrons. The average molecular weight is 652 g/mol. The largest absolute Gasteiger partial charge is 0.445 e. The molecule has 46 heavy (non-hydrogen) atoms. The molecule has 12 nitrogen and oxygen atoms in total. The van der Waals surface area contributed by atoms with Gasteiger partial charge in [-0.25, -0.2) is 4.79 Å². The maximum atomic E-state index is 13.4. The first-order valence-corrected chi connectivity index (χ1v) is 14.5. The van der Waals surface area contributed by atoms with Gasteiger partial charge in [0.1, 0.15) is 24.7 Å². The molecule has 0 fully saturated rings. The summed E-state index contributed by atoms with van der Waals surface area (Å²) in [5.41, 5.74) is 6.38. The van der Waals surface area contributed by atoms with Crippen LogP contribution in [0.1, 0.15) is 44.7 Å². The molecule has 2 rings (SSSR count). The molecule has 0 saturated carbocycles. The van der Waals surface area contributed by atoms with Crippen molar-refractivity contribution in [2.75, 3.05) is 0 Å². The predicted octanol–water partition coefficient (Wildman–Crippen LogP) is 1.84. The van der Waals surface area contributed by atoms with Crippen LogP contribution in [-0.2, 0) is 36.9 Å². The van der Waals surface area contributed by atoms with Crippen molar-refractivity contribution in [2.24, 2.45) is 11.7 Å². The number of benzene rings is 2. The van der Waals surface area contributed by atoms with Crippen molar-refractivity contribution in [1.82, 2.24) is 21.3 Å². The van der Waals surface area contributed by atoms with Crippen LogP contribution in [0.3, 0.4) is 0 Å². The van der Waals surface area contributed by atoms with Crippen LogP contribution < -0.4 is 27.0 Å². The summed E-state index contributed by atoms with van der Waals surface area (Å²) in [7, 11) is 0. The molecule has 0 saturated heterocycles. The molecule has 15 heteroatoms. The van der Waals surface area contributed by atoms with Gasteiger partial charge < -0.3 is 36.8 Å². The Balaban J connectivity index is 2.15. The lowest BCUT2D eigenvalue weighted by molar-refractivity contribution is -0.212. The molecule has 0 aliphatic rings. The van der Waals surface area contributed by atoms with Gasteiger partial charge in [-0.2, -0.15) is 13.2 Å². The molecule has 0 bridgehead atoms. The number of alkyl halides is 3. The highest BCUT2D eigenvalue weighted by molar-refractivity contribution is 5.94. The van der Waals surface area contributed by atoms with Crippen LogP contribution in [0.5, 0.6) is 0 Å². The van der Waals surface area contributed by atoms with E-state index in [-0.39, 0.29) is 13.0 Å². The number of halogens is 3. The number of carbonyl (C=O) groups excluding carboxylic acids is 5. The number of primary amides is 1. The molecule has 5 atom stereocenters. The fourth-order valence-electron chi connectivity index (χ4n) is 4.27. The zero-order valence-corrected chi connectivity index (χ0v) is 25.7. The molecular weight excluding hydrogens is 611 g/mol. The van der Waals surface area contributed by atoms with Gasteiger partial charge in [-0.3, -0.25) is 19.2 Å². The van der Waals surface area contributed by atoms with Crippen LogP contribution in [0.2, 0.25) is 0 Å². The SMILES string of the molecule is CC(NC(=O)C(Cc1ccccc1)NC(=O)C(NC(=O)OCc1ccccc1)C(C)C)C(=O)NC(CCC(N)=O)C(O)C(F)(F)F. The fraction of sp³-hybridized carbons (Fsp3) is 0.452. The number of aliphatic hydroxyl groups excluding tert-OH is 1. The molecule has 0 aromatic heterocycles. The Labute approximate surface area is 264 Å². The molecular formula is C31H40F3N5O7. The van der Waals surface area contributed by atoms with Crippen LogP contribution in [0.15, 0.2) is 60.7 Å². The first-order valence-electron chi connectivity index (χ1n) is 14.5. The maximum Gasteiger partial charge on any atom is 0.416 e. The van der Waals surface area contributed by atoms with E-state index in [2.05, 4.69) is 16.0 Å². The minimum atomic E-state index is -5.11. The quantitative estimate of drug-likeness (QED) is 0.160. The molecule has 5 amide bonds. The van der Waals surface area contributed by atoms with E-state index in [1.54, 1.807) is 74.5 Å². The van der Waals surface area contributed by atoms with Gasteiger partial charge in [0.25, 0.3) is 0 Å². The van der Waals surface area contributed by atoms with Crippen molar-refractivity contribution < 1.29 is 47.0 Å². The summed E-state index contributed by atoms with van der Waals surface area (Å²) in [6.07, 6.45) is -10.2. The van der Waals surface area contributed by atoms with Crippen molar-refractivity contribution in [2.45, 2.75) is 83.1 Å². The Bertz CT molecular complexity index is 1310. The number of amides is 5. The van der Waals surface area contributed by atoms with E-state index in [0.29, 0.717) is 5.56 Å². The third-order valence-electron chi connectivity index (χ3n) is 6.85. The first-order chi connectivity index (χ1) is 21.6. The highest BCUT2D eigenvalue weighted by Crippen LogP contribution is 2.24. The number of alkyl carbamates (subject to hydrolysis) is 1. The minimum absolute atomic E-state index is 0.0377. The summed E-state index contributed by atoms with van der Waals surface area (Å²) >= 11 is 0. The minimum Gasteiger partial charge on any atom is -0.445 e. The molecule has 7 N–H and O–H groups in total. The molecule has 0 aliphatic heterocycles. The summed E-state index contributed by atoms with van der Waals surface area (Å²) in [6.45, 7) is 4.50. The lowest BCUT2D eigenvalue weighted by Gasteiger charge is -2.28. The number of rotatable bonds is 16. The predicted molar refractivity (Wildman–Crippen MR) is 160 cm³/mol. The number of nitrogens with two attached hydrogens (primary N) is 1.